The summed E-state index contributed by atoms with van der Waals surface area (Å²) in [6, 6.07) is 18.0. The minimum atomic E-state index is -0.300. The number of aromatic nitrogens is 1. The number of halogens is 3. The molecule has 0 saturated carbocycles. The lowest BCUT2D eigenvalue weighted by Crippen LogP contribution is -2.27. The third-order valence-corrected chi connectivity index (χ3v) is 5.56. The standard InChI is InChI=1S/C22H16Cl3N3O/c1-13-2-11-18(21(25)26-13)22(29)28-20(15-5-9-17(24)10-6-15)12-19(27-28)14-3-7-16(23)8-4-14/h2-11,20H,12H2,1H3. The minimum absolute atomic E-state index is 0.167. The Bertz CT molecular complexity index is 1100. The van der Waals surface area contributed by atoms with E-state index in [1.165, 1.54) is 5.01 Å². The largest absolute Gasteiger partial charge is 0.277 e. The summed E-state index contributed by atoms with van der Waals surface area (Å²) in [6.45, 7) is 1.82. The zero-order chi connectivity index (χ0) is 20.5. The molecule has 1 aliphatic heterocycles. The summed E-state index contributed by atoms with van der Waals surface area (Å²) in [6.07, 6.45) is 0.561. The Morgan fingerprint density at radius 3 is 2.17 bits per heavy atom. The van der Waals surface area contributed by atoms with Crippen molar-refractivity contribution in [1.82, 2.24) is 9.99 Å². The van der Waals surface area contributed by atoms with E-state index in [2.05, 4.69) is 10.1 Å². The second-order valence-electron chi connectivity index (χ2n) is 6.77. The van der Waals surface area contributed by atoms with Crippen molar-refractivity contribution in [2.24, 2.45) is 5.10 Å². The summed E-state index contributed by atoms with van der Waals surface area (Å²) >= 11 is 18.3. The van der Waals surface area contributed by atoms with Gasteiger partial charge in [-0.1, -0.05) is 59.1 Å². The van der Waals surface area contributed by atoms with Crippen molar-refractivity contribution >= 4 is 46.4 Å². The quantitative estimate of drug-likeness (QED) is 0.442. The highest BCUT2D eigenvalue weighted by Gasteiger charge is 2.34. The number of aryl methyl sites for hydroxylation is 1. The average Bonchev–Trinajstić information content (AvgIpc) is 3.14. The van der Waals surface area contributed by atoms with Crippen molar-refractivity contribution in [1.29, 1.82) is 0 Å². The van der Waals surface area contributed by atoms with E-state index in [-0.39, 0.29) is 17.1 Å². The molecule has 2 heterocycles. The van der Waals surface area contributed by atoms with Crippen molar-refractivity contribution < 1.29 is 4.79 Å². The molecule has 1 atom stereocenters. The van der Waals surface area contributed by atoms with Gasteiger partial charge in [-0.25, -0.2) is 9.99 Å². The van der Waals surface area contributed by atoms with Gasteiger partial charge in [0.25, 0.3) is 5.91 Å². The fourth-order valence-electron chi connectivity index (χ4n) is 3.27. The van der Waals surface area contributed by atoms with Gasteiger partial charge in [0.05, 0.1) is 17.3 Å². The molecule has 0 aliphatic carbocycles. The molecule has 0 spiro atoms. The van der Waals surface area contributed by atoms with Gasteiger partial charge in [0.15, 0.2) is 0 Å². The van der Waals surface area contributed by atoms with Crippen LogP contribution in [0.2, 0.25) is 15.2 Å². The maximum absolute atomic E-state index is 13.3. The first-order valence-corrected chi connectivity index (χ1v) is 10.1. The summed E-state index contributed by atoms with van der Waals surface area (Å²) in [7, 11) is 0. The molecule has 7 heteroatoms. The first-order chi connectivity index (χ1) is 13.9. The number of carbonyl (C=O) groups is 1. The van der Waals surface area contributed by atoms with E-state index >= 15 is 0 Å². The summed E-state index contributed by atoms with van der Waals surface area (Å²) in [5.41, 5.74) is 3.71. The number of benzene rings is 2. The molecule has 0 fully saturated rings. The number of carbonyl (C=O) groups excluding carboxylic acids is 1. The van der Waals surface area contributed by atoms with Gasteiger partial charge >= 0.3 is 0 Å². The Hall–Kier alpha value is -2.40. The summed E-state index contributed by atoms with van der Waals surface area (Å²) in [5.74, 6) is -0.300. The van der Waals surface area contributed by atoms with Crippen LogP contribution >= 0.6 is 34.8 Å². The van der Waals surface area contributed by atoms with Crippen molar-refractivity contribution in [3.63, 3.8) is 0 Å². The predicted molar refractivity (Wildman–Crippen MR) is 117 cm³/mol. The fourth-order valence-corrected chi connectivity index (χ4v) is 3.80. The summed E-state index contributed by atoms with van der Waals surface area (Å²) < 4.78 is 0. The van der Waals surface area contributed by atoms with Crippen LogP contribution in [0.25, 0.3) is 0 Å². The van der Waals surface area contributed by atoms with Crippen LogP contribution in [0.4, 0.5) is 0 Å². The van der Waals surface area contributed by atoms with Crippen molar-refractivity contribution in [3.05, 3.63) is 98.2 Å². The maximum atomic E-state index is 13.3. The average molecular weight is 445 g/mol. The third-order valence-electron chi connectivity index (χ3n) is 4.77. The Labute approximate surface area is 183 Å². The van der Waals surface area contributed by atoms with Gasteiger partial charge < -0.3 is 0 Å². The lowest BCUT2D eigenvalue weighted by molar-refractivity contribution is 0.0711. The number of hydrogen-bond acceptors (Lipinski definition) is 3. The van der Waals surface area contributed by atoms with E-state index < -0.39 is 0 Å². The van der Waals surface area contributed by atoms with E-state index in [9.17, 15) is 4.79 Å². The smallest absolute Gasteiger partial charge is 0.267 e. The molecule has 0 N–H and O–H groups in total. The monoisotopic (exact) mass is 443 g/mol. The fraction of sp³-hybridized carbons (Fsp3) is 0.136. The van der Waals surface area contributed by atoms with Gasteiger partial charge in [0, 0.05) is 22.2 Å². The molecule has 1 amide bonds. The predicted octanol–water partition coefficient (Wildman–Crippen LogP) is 6.34. The van der Waals surface area contributed by atoms with Crippen molar-refractivity contribution in [2.45, 2.75) is 19.4 Å². The van der Waals surface area contributed by atoms with Crippen molar-refractivity contribution in [2.75, 3.05) is 0 Å². The molecule has 4 nitrogen and oxygen atoms in total. The molecule has 146 valence electrons. The van der Waals surface area contributed by atoms with Crippen LogP contribution < -0.4 is 0 Å². The number of amides is 1. The van der Waals surface area contributed by atoms with Gasteiger partial charge in [-0.2, -0.15) is 5.10 Å². The van der Waals surface area contributed by atoms with Crippen LogP contribution in [-0.4, -0.2) is 21.6 Å². The Balaban J connectivity index is 1.75. The number of nitrogens with zero attached hydrogens (tertiary/aromatic N) is 3. The lowest BCUT2D eigenvalue weighted by atomic mass is 9.98. The van der Waals surface area contributed by atoms with E-state index in [1.54, 1.807) is 24.3 Å². The number of rotatable bonds is 3. The minimum Gasteiger partial charge on any atom is -0.267 e. The number of hydrogen-bond donors (Lipinski definition) is 0. The van der Waals surface area contributed by atoms with Crippen LogP contribution in [-0.2, 0) is 0 Å². The van der Waals surface area contributed by atoms with Gasteiger partial charge in [-0.15, -0.1) is 0 Å². The molecule has 4 rings (SSSR count). The van der Waals surface area contributed by atoms with Crippen LogP contribution in [0.1, 0.15) is 39.6 Å². The molecule has 1 aromatic heterocycles. The summed E-state index contributed by atoms with van der Waals surface area (Å²) in [4.78, 5) is 17.5. The summed E-state index contributed by atoms with van der Waals surface area (Å²) in [5, 5.41) is 7.57. The molecule has 1 aliphatic rings. The van der Waals surface area contributed by atoms with Crippen LogP contribution in [0, 0.1) is 6.92 Å². The highest BCUT2D eigenvalue weighted by molar-refractivity contribution is 6.32. The van der Waals surface area contributed by atoms with Crippen molar-refractivity contribution in [3.8, 4) is 0 Å². The SMILES string of the molecule is Cc1ccc(C(=O)N2N=C(c3ccc(Cl)cc3)CC2c2ccc(Cl)cc2)c(Cl)n1. The van der Waals surface area contributed by atoms with Crippen LogP contribution in [0.3, 0.4) is 0 Å². The molecule has 29 heavy (non-hydrogen) atoms. The zero-order valence-corrected chi connectivity index (χ0v) is 17.7. The topological polar surface area (TPSA) is 45.6 Å². The molecule has 0 saturated heterocycles. The molecule has 0 radical (unpaired) electrons. The van der Waals surface area contributed by atoms with Crippen LogP contribution in [0.5, 0.6) is 0 Å². The number of hydrazone groups is 1. The van der Waals surface area contributed by atoms with E-state index in [0.29, 0.717) is 22.0 Å². The highest BCUT2D eigenvalue weighted by atomic mass is 35.5. The molecule has 2 aromatic carbocycles. The van der Waals surface area contributed by atoms with E-state index in [0.717, 1.165) is 22.5 Å². The van der Waals surface area contributed by atoms with Gasteiger partial charge in [-0.05, 0) is 54.4 Å². The lowest BCUT2D eigenvalue weighted by Gasteiger charge is -2.22. The zero-order valence-electron chi connectivity index (χ0n) is 15.4. The second-order valence-corrected chi connectivity index (χ2v) is 8.00. The Morgan fingerprint density at radius 2 is 1.55 bits per heavy atom. The number of pyridine rings is 1. The highest BCUT2D eigenvalue weighted by Crippen LogP contribution is 2.35. The first-order valence-electron chi connectivity index (χ1n) is 8.98. The Morgan fingerprint density at radius 1 is 0.931 bits per heavy atom. The van der Waals surface area contributed by atoms with Gasteiger partial charge in [0.1, 0.15) is 5.15 Å². The Kier molecular flexibility index (Phi) is 5.59. The van der Waals surface area contributed by atoms with E-state index in [1.807, 2.05) is 43.3 Å². The maximum Gasteiger partial charge on any atom is 0.277 e. The molecule has 0 bridgehead atoms. The van der Waals surface area contributed by atoms with E-state index in [4.69, 9.17) is 34.8 Å². The second kappa shape index (κ2) is 8.15. The normalized spacial score (nSPS) is 16.1. The third kappa shape index (κ3) is 4.15. The first kappa shape index (κ1) is 19.9. The molecular weight excluding hydrogens is 429 g/mol. The van der Waals surface area contributed by atoms with Gasteiger partial charge in [-0.3, -0.25) is 4.79 Å². The van der Waals surface area contributed by atoms with Gasteiger partial charge in [0.2, 0.25) is 0 Å². The van der Waals surface area contributed by atoms with Crippen LogP contribution in [0.15, 0.2) is 65.8 Å². The molecular formula is C22H16Cl3N3O. The molecule has 1 unspecified atom stereocenters. The molecule has 3 aromatic rings.